The minimum Gasteiger partial charge on any atom is -0.207 e. The first kappa shape index (κ1) is 13.8. The van der Waals surface area contributed by atoms with Crippen LogP contribution >= 0.6 is 0 Å². The summed E-state index contributed by atoms with van der Waals surface area (Å²) in [6.45, 7) is 4.87. The fourth-order valence-electron chi connectivity index (χ4n) is 2.11. The Bertz CT molecular complexity index is 669. The van der Waals surface area contributed by atoms with Gasteiger partial charge in [0.2, 0.25) is 10.0 Å². The van der Waals surface area contributed by atoms with E-state index in [1.54, 1.807) is 12.1 Å². The highest BCUT2D eigenvalue weighted by Gasteiger charge is 2.29. The monoisotopic (exact) mass is 276 g/mol. The molecule has 0 atom stereocenters. The number of hydrogen-bond acceptors (Lipinski definition) is 3. The molecule has 1 heterocycles. The van der Waals surface area contributed by atoms with Crippen molar-refractivity contribution in [2.75, 3.05) is 13.1 Å². The van der Waals surface area contributed by atoms with Crippen LogP contribution in [0.2, 0.25) is 0 Å². The fraction of sp³-hybridized carbons (Fsp3) is 0.357. The van der Waals surface area contributed by atoms with E-state index in [2.05, 4.69) is 0 Å². The summed E-state index contributed by atoms with van der Waals surface area (Å²) in [4.78, 5) is 0.102. The van der Waals surface area contributed by atoms with Crippen molar-refractivity contribution in [3.05, 3.63) is 41.0 Å². The molecule has 0 fully saturated rings. The van der Waals surface area contributed by atoms with Gasteiger partial charge >= 0.3 is 0 Å². The van der Waals surface area contributed by atoms with Crippen molar-refractivity contribution < 1.29 is 8.42 Å². The molecule has 2 rings (SSSR count). The molecule has 1 aromatic rings. The van der Waals surface area contributed by atoms with E-state index in [4.69, 9.17) is 5.26 Å². The molecule has 0 aromatic heterocycles. The number of sulfonamides is 1. The van der Waals surface area contributed by atoms with Gasteiger partial charge in [-0.2, -0.15) is 9.57 Å². The molecule has 0 spiro atoms. The number of rotatable bonds is 2. The molecule has 0 radical (unpaired) electrons. The van der Waals surface area contributed by atoms with Crippen LogP contribution in [0.15, 0.2) is 40.3 Å². The van der Waals surface area contributed by atoms with E-state index in [0.29, 0.717) is 13.1 Å². The van der Waals surface area contributed by atoms with Crippen LogP contribution in [0, 0.1) is 11.3 Å². The molecule has 0 saturated carbocycles. The van der Waals surface area contributed by atoms with Crippen molar-refractivity contribution >= 4 is 10.0 Å². The Hall–Kier alpha value is -1.64. The van der Waals surface area contributed by atoms with E-state index in [-0.39, 0.29) is 10.5 Å². The van der Waals surface area contributed by atoms with Crippen LogP contribution in [0.4, 0.5) is 0 Å². The first-order valence-electron chi connectivity index (χ1n) is 6.11. The van der Waals surface area contributed by atoms with Crippen molar-refractivity contribution in [2.45, 2.75) is 25.2 Å². The van der Waals surface area contributed by atoms with Gasteiger partial charge < -0.3 is 0 Å². The first-order chi connectivity index (χ1) is 8.96. The van der Waals surface area contributed by atoms with Crippen LogP contribution in [-0.2, 0) is 10.0 Å². The topological polar surface area (TPSA) is 61.2 Å². The summed E-state index contributed by atoms with van der Waals surface area (Å²) in [7, 11) is -3.58. The van der Waals surface area contributed by atoms with Gasteiger partial charge in [0.05, 0.1) is 10.5 Å². The Balaban J connectivity index is 2.42. The zero-order valence-corrected chi connectivity index (χ0v) is 11.9. The zero-order chi connectivity index (χ0) is 14.0. The van der Waals surface area contributed by atoms with Gasteiger partial charge in [0.15, 0.2) is 0 Å². The van der Waals surface area contributed by atoms with E-state index < -0.39 is 10.0 Å². The summed E-state index contributed by atoms with van der Waals surface area (Å²) in [6.07, 6.45) is 0.750. The molecule has 0 bridgehead atoms. The first-order valence-corrected chi connectivity index (χ1v) is 7.55. The van der Waals surface area contributed by atoms with E-state index in [0.717, 1.165) is 12.0 Å². The number of hydrogen-bond donors (Lipinski definition) is 0. The van der Waals surface area contributed by atoms with Gasteiger partial charge in [-0.15, -0.1) is 0 Å². The van der Waals surface area contributed by atoms with Crippen LogP contribution in [0.1, 0.15) is 25.8 Å². The van der Waals surface area contributed by atoms with E-state index >= 15 is 0 Å². The molecule has 0 unspecified atom stereocenters. The fourth-order valence-corrected chi connectivity index (χ4v) is 3.73. The van der Waals surface area contributed by atoms with E-state index in [1.165, 1.54) is 22.0 Å². The van der Waals surface area contributed by atoms with Crippen molar-refractivity contribution in [1.29, 1.82) is 5.26 Å². The molecule has 1 aliphatic heterocycles. The Morgan fingerprint density at radius 3 is 2.53 bits per heavy atom. The molecule has 1 aromatic carbocycles. The zero-order valence-electron chi connectivity index (χ0n) is 11.0. The second kappa shape index (κ2) is 5.16. The second-order valence-electron chi connectivity index (χ2n) is 4.76. The highest BCUT2D eigenvalue weighted by atomic mass is 32.2. The maximum Gasteiger partial charge on any atom is 0.244 e. The molecule has 0 aliphatic carbocycles. The SMILES string of the molecule is CC1=C(C)CN(S(=O)(=O)c2ccccc2C#N)CC1. The van der Waals surface area contributed by atoms with Gasteiger partial charge in [0.1, 0.15) is 6.07 Å². The molecule has 100 valence electrons. The summed E-state index contributed by atoms with van der Waals surface area (Å²) >= 11 is 0. The summed E-state index contributed by atoms with van der Waals surface area (Å²) in [5, 5.41) is 9.03. The van der Waals surface area contributed by atoms with Gasteiger partial charge in [-0.3, -0.25) is 0 Å². The van der Waals surface area contributed by atoms with Gasteiger partial charge in [-0.1, -0.05) is 23.3 Å². The molecular formula is C14H16N2O2S. The molecule has 0 N–H and O–H groups in total. The third-order valence-electron chi connectivity index (χ3n) is 3.50. The molecule has 4 nitrogen and oxygen atoms in total. The molecule has 19 heavy (non-hydrogen) atoms. The van der Waals surface area contributed by atoms with Crippen molar-refractivity contribution in [3.8, 4) is 6.07 Å². The highest BCUT2D eigenvalue weighted by Crippen LogP contribution is 2.25. The maximum absolute atomic E-state index is 12.6. The molecule has 0 saturated heterocycles. The van der Waals surface area contributed by atoms with Crippen molar-refractivity contribution in [3.63, 3.8) is 0 Å². The van der Waals surface area contributed by atoms with Gasteiger partial charge in [-0.05, 0) is 32.4 Å². The molecule has 0 amide bonds. The highest BCUT2D eigenvalue weighted by molar-refractivity contribution is 7.89. The van der Waals surface area contributed by atoms with E-state index in [9.17, 15) is 8.42 Å². The maximum atomic E-state index is 12.6. The average Bonchev–Trinajstić information content (AvgIpc) is 2.41. The lowest BCUT2D eigenvalue weighted by Crippen LogP contribution is -2.36. The number of nitriles is 1. The standard InChI is InChI=1S/C14H16N2O2S/c1-11-7-8-16(10-12(11)2)19(17,18)14-6-4-3-5-13(14)9-15/h3-6H,7-8,10H2,1-2H3. The Kier molecular flexibility index (Phi) is 3.74. The normalized spacial score (nSPS) is 17.3. The summed E-state index contributed by atoms with van der Waals surface area (Å²) in [5.74, 6) is 0. The minimum absolute atomic E-state index is 0.102. The number of nitrogens with zero attached hydrogens (tertiary/aromatic N) is 2. The predicted molar refractivity (Wildman–Crippen MR) is 72.9 cm³/mol. The van der Waals surface area contributed by atoms with Crippen LogP contribution in [0.25, 0.3) is 0 Å². The second-order valence-corrected chi connectivity index (χ2v) is 6.66. The average molecular weight is 276 g/mol. The largest absolute Gasteiger partial charge is 0.244 e. The Morgan fingerprint density at radius 2 is 1.89 bits per heavy atom. The lowest BCUT2D eigenvalue weighted by Gasteiger charge is -2.28. The summed E-state index contributed by atoms with van der Waals surface area (Å²) in [5.41, 5.74) is 2.54. The van der Waals surface area contributed by atoms with Crippen molar-refractivity contribution in [1.82, 2.24) is 4.31 Å². The molecular weight excluding hydrogens is 260 g/mol. The number of benzene rings is 1. The van der Waals surface area contributed by atoms with Crippen molar-refractivity contribution in [2.24, 2.45) is 0 Å². The molecule has 1 aliphatic rings. The Labute approximate surface area is 114 Å². The quantitative estimate of drug-likeness (QED) is 0.779. The van der Waals surface area contributed by atoms with Gasteiger partial charge in [0.25, 0.3) is 0 Å². The third kappa shape index (κ3) is 2.55. The Morgan fingerprint density at radius 1 is 1.21 bits per heavy atom. The van der Waals surface area contributed by atoms with Gasteiger partial charge in [0, 0.05) is 13.1 Å². The van der Waals surface area contributed by atoms with Crippen LogP contribution in [0.3, 0.4) is 0 Å². The summed E-state index contributed by atoms with van der Waals surface area (Å²) < 4.78 is 26.6. The lowest BCUT2D eigenvalue weighted by molar-refractivity contribution is 0.420. The van der Waals surface area contributed by atoms with Crippen LogP contribution < -0.4 is 0 Å². The van der Waals surface area contributed by atoms with Gasteiger partial charge in [-0.25, -0.2) is 8.42 Å². The van der Waals surface area contributed by atoms with Crippen LogP contribution in [0.5, 0.6) is 0 Å². The lowest BCUT2D eigenvalue weighted by atomic mass is 10.1. The smallest absolute Gasteiger partial charge is 0.207 e. The minimum atomic E-state index is -3.58. The molecule has 5 heteroatoms. The van der Waals surface area contributed by atoms with Crippen LogP contribution in [-0.4, -0.2) is 25.8 Å². The summed E-state index contributed by atoms with van der Waals surface area (Å²) in [6, 6.07) is 8.28. The van der Waals surface area contributed by atoms with E-state index in [1.807, 2.05) is 19.9 Å². The predicted octanol–water partition coefficient (Wildman–Crippen LogP) is 2.29. The third-order valence-corrected chi connectivity index (χ3v) is 5.41.